The lowest BCUT2D eigenvalue weighted by Crippen LogP contribution is -2.21. The number of aromatic nitrogens is 2. The SMILES string of the molecule is CNCC(=O)c1c(C)[nH]c(=S)n1C. The second-order valence-electron chi connectivity index (χ2n) is 2.92. The molecule has 0 radical (unpaired) electrons. The number of rotatable bonds is 3. The highest BCUT2D eigenvalue weighted by atomic mass is 32.1. The van der Waals surface area contributed by atoms with E-state index in [1.165, 1.54) is 0 Å². The fraction of sp³-hybridized carbons (Fsp3) is 0.500. The van der Waals surface area contributed by atoms with E-state index in [0.29, 0.717) is 17.0 Å². The van der Waals surface area contributed by atoms with Gasteiger partial charge in [-0.25, -0.2) is 0 Å². The number of aromatic amines is 1. The van der Waals surface area contributed by atoms with Crippen LogP contribution in [0.1, 0.15) is 16.2 Å². The summed E-state index contributed by atoms with van der Waals surface area (Å²) in [4.78, 5) is 14.5. The van der Waals surface area contributed by atoms with Crippen molar-refractivity contribution in [3.8, 4) is 0 Å². The Morgan fingerprint density at radius 1 is 1.69 bits per heavy atom. The fourth-order valence-electron chi connectivity index (χ4n) is 1.30. The lowest BCUT2D eigenvalue weighted by Gasteiger charge is -2.01. The standard InChI is InChI=1S/C8H13N3OS/c1-5-7(6(12)4-9-2)11(3)8(13)10-5/h9H,4H2,1-3H3,(H,10,13). The van der Waals surface area contributed by atoms with E-state index in [2.05, 4.69) is 10.3 Å². The molecule has 0 fully saturated rings. The van der Waals surface area contributed by atoms with Crippen LogP contribution in [-0.2, 0) is 7.05 Å². The Bertz CT molecular complexity index is 377. The largest absolute Gasteiger partial charge is 0.334 e. The summed E-state index contributed by atoms with van der Waals surface area (Å²) in [7, 11) is 3.53. The Balaban J connectivity index is 3.13. The first-order valence-corrected chi connectivity index (χ1v) is 4.42. The van der Waals surface area contributed by atoms with Gasteiger partial charge in [0.05, 0.1) is 6.54 Å². The van der Waals surface area contributed by atoms with Gasteiger partial charge in [0.2, 0.25) is 0 Å². The molecule has 0 atom stereocenters. The van der Waals surface area contributed by atoms with Crippen LogP contribution in [0.4, 0.5) is 0 Å². The lowest BCUT2D eigenvalue weighted by atomic mass is 10.2. The van der Waals surface area contributed by atoms with Crippen LogP contribution in [-0.4, -0.2) is 28.9 Å². The highest BCUT2D eigenvalue weighted by molar-refractivity contribution is 7.71. The predicted octanol–water partition coefficient (Wildman–Crippen LogP) is 0.793. The molecule has 0 spiro atoms. The number of aryl methyl sites for hydroxylation is 1. The minimum atomic E-state index is 0.0508. The van der Waals surface area contributed by atoms with Gasteiger partial charge in [-0.1, -0.05) is 0 Å². The van der Waals surface area contributed by atoms with Crippen molar-refractivity contribution in [1.29, 1.82) is 0 Å². The monoisotopic (exact) mass is 199 g/mol. The summed E-state index contributed by atoms with van der Waals surface area (Å²) in [6.07, 6.45) is 0. The second kappa shape index (κ2) is 3.85. The molecule has 0 amide bonds. The molecule has 0 saturated heterocycles. The summed E-state index contributed by atoms with van der Waals surface area (Å²) < 4.78 is 2.28. The van der Waals surface area contributed by atoms with E-state index in [0.717, 1.165) is 5.69 Å². The molecule has 72 valence electrons. The molecule has 1 aromatic rings. The first kappa shape index (κ1) is 10.1. The van der Waals surface area contributed by atoms with Crippen LogP contribution < -0.4 is 5.32 Å². The van der Waals surface area contributed by atoms with Gasteiger partial charge in [0.1, 0.15) is 5.69 Å². The first-order chi connectivity index (χ1) is 6.07. The van der Waals surface area contributed by atoms with Crippen LogP contribution in [0.2, 0.25) is 0 Å². The fourth-order valence-corrected chi connectivity index (χ4v) is 1.54. The molecule has 0 unspecified atom stereocenters. The minimum Gasteiger partial charge on any atom is -0.334 e. The van der Waals surface area contributed by atoms with Crippen molar-refractivity contribution in [2.45, 2.75) is 6.92 Å². The van der Waals surface area contributed by atoms with E-state index < -0.39 is 0 Å². The third-order valence-electron chi connectivity index (χ3n) is 1.89. The molecule has 1 aromatic heterocycles. The van der Waals surface area contributed by atoms with Crippen molar-refractivity contribution in [1.82, 2.24) is 14.9 Å². The van der Waals surface area contributed by atoms with Gasteiger partial charge < -0.3 is 14.9 Å². The zero-order valence-electron chi connectivity index (χ0n) is 7.97. The van der Waals surface area contributed by atoms with Crippen LogP contribution >= 0.6 is 12.2 Å². The molecule has 1 rings (SSSR count). The molecule has 2 N–H and O–H groups in total. The number of nitrogens with zero attached hydrogens (tertiary/aromatic N) is 1. The molecular formula is C8H13N3OS. The van der Waals surface area contributed by atoms with E-state index in [-0.39, 0.29) is 5.78 Å². The predicted molar refractivity (Wildman–Crippen MR) is 53.6 cm³/mol. The van der Waals surface area contributed by atoms with Gasteiger partial charge in [0.15, 0.2) is 10.6 Å². The number of H-pyrrole nitrogens is 1. The zero-order valence-corrected chi connectivity index (χ0v) is 8.79. The molecule has 0 aromatic carbocycles. The molecule has 0 bridgehead atoms. The van der Waals surface area contributed by atoms with Crippen LogP contribution in [0.25, 0.3) is 0 Å². The van der Waals surface area contributed by atoms with Gasteiger partial charge in [-0.15, -0.1) is 0 Å². The Labute approximate surface area is 82.0 Å². The molecule has 0 aliphatic carbocycles. The minimum absolute atomic E-state index is 0.0508. The molecule has 0 aliphatic rings. The molecule has 4 nitrogen and oxygen atoms in total. The number of hydrogen-bond acceptors (Lipinski definition) is 3. The number of Topliss-reactive ketones (excluding diaryl/α,β-unsaturated/α-hetero) is 1. The Morgan fingerprint density at radius 2 is 2.31 bits per heavy atom. The van der Waals surface area contributed by atoms with Crippen molar-refractivity contribution in [2.75, 3.05) is 13.6 Å². The van der Waals surface area contributed by atoms with Gasteiger partial charge >= 0.3 is 0 Å². The third kappa shape index (κ3) is 1.87. The maximum Gasteiger partial charge on any atom is 0.194 e. The van der Waals surface area contributed by atoms with Gasteiger partial charge in [-0.3, -0.25) is 4.79 Å². The Hall–Kier alpha value is -0.940. The topological polar surface area (TPSA) is 49.8 Å². The number of carbonyl (C=O) groups excluding carboxylic acids is 1. The van der Waals surface area contributed by atoms with Crippen LogP contribution in [0.3, 0.4) is 0 Å². The van der Waals surface area contributed by atoms with Crippen molar-refractivity contribution >= 4 is 18.0 Å². The van der Waals surface area contributed by atoms with Crippen LogP contribution in [0, 0.1) is 11.7 Å². The number of ketones is 1. The van der Waals surface area contributed by atoms with E-state index in [4.69, 9.17) is 12.2 Å². The average molecular weight is 199 g/mol. The number of carbonyl (C=O) groups is 1. The Morgan fingerprint density at radius 3 is 2.69 bits per heavy atom. The summed E-state index contributed by atoms with van der Waals surface area (Å²) >= 11 is 5.00. The highest BCUT2D eigenvalue weighted by Gasteiger charge is 2.13. The van der Waals surface area contributed by atoms with E-state index in [1.807, 2.05) is 6.92 Å². The summed E-state index contributed by atoms with van der Waals surface area (Å²) in [5, 5.41) is 2.82. The van der Waals surface area contributed by atoms with E-state index >= 15 is 0 Å². The molecular weight excluding hydrogens is 186 g/mol. The normalized spacial score (nSPS) is 10.4. The van der Waals surface area contributed by atoms with Gasteiger partial charge in [-0.05, 0) is 26.2 Å². The maximum absolute atomic E-state index is 11.6. The van der Waals surface area contributed by atoms with Crippen LogP contribution in [0.5, 0.6) is 0 Å². The number of nitrogens with one attached hydrogen (secondary N) is 2. The molecule has 1 heterocycles. The second-order valence-corrected chi connectivity index (χ2v) is 3.30. The Kier molecular flexibility index (Phi) is 3.00. The quantitative estimate of drug-likeness (QED) is 0.559. The zero-order chi connectivity index (χ0) is 10.0. The number of imidazole rings is 1. The van der Waals surface area contributed by atoms with Gasteiger partial charge in [-0.2, -0.15) is 0 Å². The van der Waals surface area contributed by atoms with Gasteiger partial charge in [0.25, 0.3) is 0 Å². The van der Waals surface area contributed by atoms with Crippen molar-refractivity contribution in [3.63, 3.8) is 0 Å². The van der Waals surface area contributed by atoms with E-state index in [9.17, 15) is 4.79 Å². The van der Waals surface area contributed by atoms with Crippen LogP contribution in [0.15, 0.2) is 0 Å². The average Bonchev–Trinajstić information content (AvgIpc) is 2.27. The molecule has 13 heavy (non-hydrogen) atoms. The molecule has 5 heteroatoms. The van der Waals surface area contributed by atoms with Crippen molar-refractivity contribution in [2.24, 2.45) is 7.05 Å². The number of hydrogen-bond donors (Lipinski definition) is 2. The summed E-state index contributed by atoms with van der Waals surface area (Å²) in [5.41, 5.74) is 1.48. The molecule has 0 aliphatic heterocycles. The summed E-state index contributed by atoms with van der Waals surface area (Å²) in [6.45, 7) is 2.18. The first-order valence-electron chi connectivity index (χ1n) is 4.01. The van der Waals surface area contributed by atoms with Gasteiger partial charge in [0, 0.05) is 12.7 Å². The summed E-state index contributed by atoms with van der Waals surface area (Å²) in [5.74, 6) is 0.0508. The summed E-state index contributed by atoms with van der Waals surface area (Å²) in [6, 6.07) is 0. The number of likely N-dealkylation sites (N-methyl/N-ethyl adjacent to an activating group) is 1. The molecule has 0 saturated carbocycles. The van der Waals surface area contributed by atoms with E-state index in [1.54, 1.807) is 18.7 Å². The highest BCUT2D eigenvalue weighted by Crippen LogP contribution is 2.06. The third-order valence-corrected chi connectivity index (χ3v) is 2.27. The maximum atomic E-state index is 11.6. The lowest BCUT2D eigenvalue weighted by molar-refractivity contribution is 0.0985. The smallest absolute Gasteiger partial charge is 0.194 e. The van der Waals surface area contributed by atoms with Crippen molar-refractivity contribution in [3.05, 3.63) is 16.2 Å². The van der Waals surface area contributed by atoms with Crippen molar-refractivity contribution < 1.29 is 4.79 Å².